The molecule has 5 heteroatoms. The Hall–Kier alpha value is -2.95. The molecular formula is C20H20N2O3. The van der Waals surface area contributed by atoms with E-state index in [2.05, 4.69) is 4.90 Å². The Labute approximate surface area is 146 Å². The van der Waals surface area contributed by atoms with Gasteiger partial charge in [0, 0.05) is 36.5 Å². The monoisotopic (exact) mass is 336 g/mol. The van der Waals surface area contributed by atoms with Crippen LogP contribution < -0.4 is 4.90 Å². The molecule has 1 fully saturated rings. The number of ketones is 1. The molecule has 3 rings (SSSR count). The molecule has 1 aliphatic heterocycles. The van der Waals surface area contributed by atoms with Gasteiger partial charge in [0.2, 0.25) is 0 Å². The highest BCUT2D eigenvalue weighted by Gasteiger charge is 2.11. The third kappa shape index (κ3) is 4.32. The fraction of sp³-hybridized carbons (Fsp3) is 0.250. The molecule has 1 heterocycles. The number of nitro benzene ring substituents is 1. The summed E-state index contributed by atoms with van der Waals surface area (Å²) in [5.74, 6) is -0.114. The molecule has 0 spiro atoms. The Kier molecular flexibility index (Phi) is 5.23. The lowest BCUT2D eigenvalue weighted by Gasteiger charge is -2.28. The van der Waals surface area contributed by atoms with E-state index in [4.69, 9.17) is 0 Å². The van der Waals surface area contributed by atoms with Gasteiger partial charge in [0.25, 0.3) is 5.69 Å². The molecule has 0 unspecified atom stereocenters. The van der Waals surface area contributed by atoms with Gasteiger partial charge in [-0.3, -0.25) is 14.9 Å². The van der Waals surface area contributed by atoms with Crippen molar-refractivity contribution in [1.29, 1.82) is 0 Å². The van der Waals surface area contributed by atoms with E-state index in [1.165, 1.54) is 37.5 Å². The van der Waals surface area contributed by atoms with Crippen molar-refractivity contribution in [2.75, 3.05) is 18.0 Å². The van der Waals surface area contributed by atoms with Gasteiger partial charge >= 0.3 is 0 Å². The summed E-state index contributed by atoms with van der Waals surface area (Å²) in [6, 6.07) is 13.9. The Morgan fingerprint density at radius 3 is 2.44 bits per heavy atom. The predicted octanol–water partition coefficient (Wildman–Crippen LogP) is 4.48. The van der Waals surface area contributed by atoms with E-state index in [-0.39, 0.29) is 11.5 Å². The van der Waals surface area contributed by atoms with Gasteiger partial charge in [-0.2, -0.15) is 0 Å². The fourth-order valence-corrected chi connectivity index (χ4v) is 3.00. The second-order valence-electron chi connectivity index (χ2n) is 6.14. The SMILES string of the molecule is O=C(C=Cc1cccc([N+](=O)[O-])c1)c1ccc(N2CCCCC2)cc1. The van der Waals surface area contributed by atoms with Gasteiger partial charge in [-0.05, 0) is 55.2 Å². The first-order chi connectivity index (χ1) is 12.1. The van der Waals surface area contributed by atoms with Gasteiger partial charge in [0.15, 0.2) is 5.78 Å². The number of piperidine rings is 1. The number of nitro groups is 1. The summed E-state index contributed by atoms with van der Waals surface area (Å²) in [6.07, 6.45) is 6.78. The van der Waals surface area contributed by atoms with Crippen LogP contribution in [0.1, 0.15) is 35.2 Å². The number of benzene rings is 2. The second kappa shape index (κ2) is 7.75. The van der Waals surface area contributed by atoms with Crippen molar-refractivity contribution in [1.82, 2.24) is 0 Å². The van der Waals surface area contributed by atoms with Crippen LogP contribution in [0.4, 0.5) is 11.4 Å². The average Bonchev–Trinajstić information content (AvgIpc) is 2.67. The molecule has 0 saturated carbocycles. The lowest BCUT2D eigenvalue weighted by molar-refractivity contribution is -0.384. The molecule has 0 aromatic heterocycles. The van der Waals surface area contributed by atoms with Crippen LogP contribution in [0.15, 0.2) is 54.6 Å². The standard InChI is InChI=1S/C20H20N2O3/c23-20(12-7-16-5-4-6-19(15-16)22(24)25)17-8-10-18(11-9-17)21-13-2-1-3-14-21/h4-12,15H,1-3,13-14H2. The zero-order chi connectivity index (χ0) is 17.6. The molecule has 0 amide bonds. The van der Waals surface area contributed by atoms with Crippen molar-refractivity contribution in [3.8, 4) is 0 Å². The number of non-ortho nitro benzene ring substituents is 1. The normalized spacial score (nSPS) is 14.6. The van der Waals surface area contributed by atoms with Gasteiger partial charge in [-0.1, -0.05) is 18.2 Å². The molecule has 25 heavy (non-hydrogen) atoms. The number of nitrogens with zero attached hydrogens (tertiary/aromatic N) is 2. The van der Waals surface area contributed by atoms with E-state index in [1.54, 1.807) is 18.2 Å². The lowest BCUT2D eigenvalue weighted by Crippen LogP contribution is -2.29. The molecule has 0 aliphatic carbocycles. The summed E-state index contributed by atoms with van der Waals surface area (Å²) < 4.78 is 0. The van der Waals surface area contributed by atoms with Gasteiger partial charge < -0.3 is 4.90 Å². The van der Waals surface area contributed by atoms with Crippen LogP contribution in [0.5, 0.6) is 0 Å². The van der Waals surface area contributed by atoms with Crippen molar-refractivity contribution in [3.63, 3.8) is 0 Å². The highest BCUT2D eigenvalue weighted by Crippen LogP contribution is 2.21. The number of hydrogen-bond acceptors (Lipinski definition) is 4. The summed E-state index contributed by atoms with van der Waals surface area (Å²) in [4.78, 5) is 25.0. The zero-order valence-corrected chi connectivity index (χ0v) is 13.9. The van der Waals surface area contributed by atoms with Gasteiger partial charge in [-0.15, -0.1) is 0 Å². The van der Waals surface area contributed by atoms with Crippen molar-refractivity contribution in [2.45, 2.75) is 19.3 Å². The Morgan fingerprint density at radius 2 is 1.76 bits per heavy atom. The maximum Gasteiger partial charge on any atom is 0.270 e. The van der Waals surface area contributed by atoms with Crippen LogP contribution >= 0.6 is 0 Å². The quantitative estimate of drug-likeness (QED) is 0.349. The van der Waals surface area contributed by atoms with Crippen LogP contribution in [0.25, 0.3) is 6.08 Å². The minimum atomic E-state index is -0.446. The maximum atomic E-state index is 12.3. The van der Waals surface area contributed by atoms with E-state index < -0.39 is 4.92 Å². The fourth-order valence-electron chi connectivity index (χ4n) is 3.00. The molecule has 128 valence electrons. The Bertz CT molecular complexity index is 791. The van der Waals surface area contributed by atoms with E-state index in [0.717, 1.165) is 18.8 Å². The number of carbonyl (C=O) groups excluding carboxylic acids is 1. The summed E-state index contributed by atoms with van der Waals surface area (Å²) in [5.41, 5.74) is 2.41. The van der Waals surface area contributed by atoms with Gasteiger partial charge in [0.1, 0.15) is 0 Å². The minimum absolute atomic E-state index is 0.0143. The molecule has 0 atom stereocenters. The van der Waals surface area contributed by atoms with Crippen LogP contribution in [-0.2, 0) is 0 Å². The van der Waals surface area contributed by atoms with Crippen LogP contribution in [-0.4, -0.2) is 23.8 Å². The Morgan fingerprint density at radius 1 is 1.04 bits per heavy atom. The number of allylic oxidation sites excluding steroid dienone is 1. The summed E-state index contributed by atoms with van der Waals surface area (Å²) in [6.45, 7) is 2.14. The molecule has 1 saturated heterocycles. The smallest absolute Gasteiger partial charge is 0.270 e. The van der Waals surface area contributed by atoms with Crippen LogP contribution in [0.3, 0.4) is 0 Å². The van der Waals surface area contributed by atoms with Crippen LogP contribution in [0.2, 0.25) is 0 Å². The number of anilines is 1. The lowest BCUT2D eigenvalue weighted by atomic mass is 10.1. The van der Waals surface area contributed by atoms with E-state index in [0.29, 0.717) is 11.1 Å². The third-order valence-corrected chi connectivity index (χ3v) is 4.38. The van der Waals surface area contributed by atoms with Gasteiger partial charge in [0.05, 0.1) is 4.92 Å². The minimum Gasteiger partial charge on any atom is -0.372 e. The molecule has 1 aliphatic rings. The summed E-state index contributed by atoms with van der Waals surface area (Å²) >= 11 is 0. The molecule has 2 aromatic carbocycles. The average molecular weight is 336 g/mol. The predicted molar refractivity (Wildman–Crippen MR) is 99.0 cm³/mol. The summed E-state index contributed by atoms with van der Waals surface area (Å²) in [7, 11) is 0. The van der Waals surface area contributed by atoms with Crippen molar-refractivity contribution < 1.29 is 9.72 Å². The molecule has 0 bridgehead atoms. The van der Waals surface area contributed by atoms with Gasteiger partial charge in [-0.25, -0.2) is 0 Å². The van der Waals surface area contributed by atoms with E-state index >= 15 is 0 Å². The van der Waals surface area contributed by atoms with E-state index in [9.17, 15) is 14.9 Å². The number of hydrogen-bond donors (Lipinski definition) is 0. The second-order valence-corrected chi connectivity index (χ2v) is 6.14. The first-order valence-corrected chi connectivity index (χ1v) is 8.45. The highest BCUT2D eigenvalue weighted by atomic mass is 16.6. The largest absolute Gasteiger partial charge is 0.372 e. The van der Waals surface area contributed by atoms with E-state index in [1.807, 2.05) is 24.3 Å². The van der Waals surface area contributed by atoms with Crippen molar-refractivity contribution in [3.05, 3.63) is 75.8 Å². The highest BCUT2D eigenvalue weighted by molar-refractivity contribution is 6.07. The summed E-state index contributed by atoms with van der Waals surface area (Å²) in [5, 5.41) is 10.8. The maximum absolute atomic E-state index is 12.3. The molecule has 2 aromatic rings. The van der Waals surface area contributed by atoms with Crippen molar-refractivity contribution >= 4 is 23.2 Å². The number of carbonyl (C=O) groups is 1. The first-order valence-electron chi connectivity index (χ1n) is 8.45. The molecule has 0 N–H and O–H groups in total. The van der Waals surface area contributed by atoms with Crippen molar-refractivity contribution in [2.24, 2.45) is 0 Å². The van der Waals surface area contributed by atoms with Crippen LogP contribution in [0, 0.1) is 10.1 Å². The molecular weight excluding hydrogens is 316 g/mol. The zero-order valence-electron chi connectivity index (χ0n) is 13.9. The topological polar surface area (TPSA) is 63.4 Å². The Balaban J connectivity index is 1.68. The molecule has 5 nitrogen and oxygen atoms in total. The molecule has 0 radical (unpaired) electrons. The first kappa shape index (κ1) is 16.9. The third-order valence-electron chi connectivity index (χ3n) is 4.38. The number of rotatable bonds is 5.